The molecule has 134 valence electrons. The van der Waals surface area contributed by atoms with Crippen molar-refractivity contribution in [2.75, 3.05) is 20.2 Å². The van der Waals surface area contributed by atoms with Crippen LogP contribution in [0.25, 0.3) is 0 Å². The molecule has 6 nitrogen and oxygen atoms in total. The van der Waals surface area contributed by atoms with Crippen LogP contribution in [0, 0.1) is 5.92 Å². The van der Waals surface area contributed by atoms with Crippen LogP contribution in [0.3, 0.4) is 0 Å². The molecule has 0 unspecified atom stereocenters. The van der Waals surface area contributed by atoms with Crippen LogP contribution in [0.15, 0.2) is 36.7 Å². The van der Waals surface area contributed by atoms with Crippen molar-refractivity contribution < 1.29 is 14.6 Å². The van der Waals surface area contributed by atoms with Crippen molar-refractivity contribution in [2.45, 2.75) is 32.4 Å². The van der Waals surface area contributed by atoms with Crippen molar-refractivity contribution in [3.05, 3.63) is 47.8 Å². The van der Waals surface area contributed by atoms with Crippen molar-refractivity contribution in [2.24, 2.45) is 5.92 Å². The second-order valence-electron chi connectivity index (χ2n) is 6.94. The molecule has 1 aliphatic rings. The van der Waals surface area contributed by atoms with Crippen LogP contribution < -0.4 is 4.74 Å². The fourth-order valence-corrected chi connectivity index (χ4v) is 3.45. The summed E-state index contributed by atoms with van der Waals surface area (Å²) in [4.78, 5) is 13.9. The summed E-state index contributed by atoms with van der Waals surface area (Å²) in [5, 5.41) is 14.0. The fourth-order valence-electron chi connectivity index (χ4n) is 3.45. The van der Waals surface area contributed by atoms with Gasteiger partial charge in [-0.25, -0.2) is 0 Å². The fraction of sp³-hybridized carbons (Fsp3) is 0.474. The first-order chi connectivity index (χ1) is 12.0. The maximum Gasteiger partial charge on any atom is 0.308 e. The van der Waals surface area contributed by atoms with Crippen molar-refractivity contribution in [3.8, 4) is 5.75 Å². The molecular formula is C19H25N3O3. The molecule has 2 aromatic rings. The normalized spacial score (nSPS) is 21.0. The number of carbonyl (C=O) groups is 1. The SMILES string of the molecule is COc1ccc([C@@H]2CN(Cc3cnn(C(C)C)c3)C[C@H]2C(=O)O)cc1. The van der Waals surface area contributed by atoms with E-state index in [9.17, 15) is 9.90 Å². The number of methoxy groups -OCH3 is 1. The number of ether oxygens (including phenoxy) is 1. The number of hydrogen-bond donors (Lipinski definition) is 1. The predicted octanol–water partition coefficient (Wildman–Crippen LogP) is 2.77. The maximum atomic E-state index is 11.7. The Hall–Kier alpha value is -2.34. The Bertz CT molecular complexity index is 724. The van der Waals surface area contributed by atoms with Gasteiger partial charge in [0.1, 0.15) is 5.75 Å². The van der Waals surface area contributed by atoms with E-state index in [4.69, 9.17) is 4.74 Å². The molecule has 3 rings (SSSR count). The minimum atomic E-state index is -0.735. The summed E-state index contributed by atoms with van der Waals surface area (Å²) in [6.45, 7) is 6.19. The third kappa shape index (κ3) is 3.85. The van der Waals surface area contributed by atoms with Crippen LogP contribution in [0.1, 0.15) is 36.9 Å². The molecule has 0 amide bonds. The summed E-state index contributed by atoms with van der Waals surface area (Å²) in [5.74, 6) is -0.357. The van der Waals surface area contributed by atoms with Gasteiger partial charge in [-0.15, -0.1) is 0 Å². The average molecular weight is 343 g/mol. The van der Waals surface area contributed by atoms with Crippen molar-refractivity contribution in [1.82, 2.24) is 14.7 Å². The summed E-state index contributed by atoms with van der Waals surface area (Å²) in [6.07, 6.45) is 3.91. The monoisotopic (exact) mass is 343 g/mol. The van der Waals surface area contributed by atoms with Gasteiger partial charge in [-0.2, -0.15) is 5.10 Å². The second-order valence-corrected chi connectivity index (χ2v) is 6.94. The molecular weight excluding hydrogens is 318 g/mol. The Morgan fingerprint density at radius 2 is 2.04 bits per heavy atom. The number of rotatable bonds is 6. The Kier molecular flexibility index (Phi) is 5.08. The Morgan fingerprint density at radius 3 is 2.60 bits per heavy atom. The lowest BCUT2D eigenvalue weighted by Crippen LogP contribution is -2.23. The molecule has 1 fully saturated rings. The quantitative estimate of drug-likeness (QED) is 0.873. The average Bonchev–Trinajstić information content (AvgIpc) is 3.22. The Labute approximate surface area is 148 Å². The van der Waals surface area contributed by atoms with E-state index in [2.05, 4.69) is 23.8 Å². The summed E-state index contributed by atoms with van der Waals surface area (Å²) >= 11 is 0. The number of carboxylic acids is 1. The Balaban J connectivity index is 1.74. The Morgan fingerprint density at radius 1 is 1.32 bits per heavy atom. The molecule has 1 aromatic carbocycles. The number of aliphatic carboxylic acids is 1. The largest absolute Gasteiger partial charge is 0.497 e. The van der Waals surface area contributed by atoms with Crippen LogP contribution in [0.5, 0.6) is 5.75 Å². The maximum absolute atomic E-state index is 11.7. The lowest BCUT2D eigenvalue weighted by Gasteiger charge is -2.16. The molecule has 0 spiro atoms. The highest BCUT2D eigenvalue weighted by atomic mass is 16.5. The lowest BCUT2D eigenvalue weighted by atomic mass is 9.89. The van der Waals surface area contributed by atoms with E-state index < -0.39 is 11.9 Å². The minimum Gasteiger partial charge on any atom is -0.497 e. The molecule has 0 aliphatic carbocycles. The summed E-state index contributed by atoms with van der Waals surface area (Å²) in [7, 11) is 1.63. The van der Waals surface area contributed by atoms with Gasteiger partial charge in [-0.3, -0.25) is 14.4 Å². The van der Waals surface area contributed by atoms with Crippen LogP contribution in [-0.4, -0.2) is 46.0 Å². The molecule has 2 atom stereocenters. The smallest absolute Gasteiger partial charge is 0.308 e. The number of likely N-dealkylation sites (tertiary alicyclic amines) is 1. The van der Waals surface area contributed by atoms with Gasteiger partial charge in [-0.1, -0.05) is 12.1 Å². The van der Waals surface area contributed by atoms with Crippen LogP contribution in [-0.2, 0) is 11.3 Å². The second kappa shape index (κ2) is 7.27. The zero-order chi connectivity index (χ0) is 18.0. The van der Waals surface area contributed by atoms with Gasteiger partial charge in [0.25, 0.3) is 0 Å². The first-order valence-electron chi connectivity index (χ1n) is 8.60. The minimum absolute atomic E-state index is 0.0106. The molecule has 0 radical (unpaired) electrons. The van der Waals surface area contributed by atoms with Crippen molar-refractivity contribution in [3.63, 3.8) is 0 Å². The highest BCUT2D eigenvalue weighted by molar-refractivity contribution is 5.72. The summed E-state index contributed by atoms with van der Waals surface area (Å²) in [5.41, 5.74) is 2.17. The van der Waals surface area contributed by atoms with E-state index in [-0.39, 0.29) is 5.92 Å². The van der Waals surface area contributed by atoms with Crippen molar-refractivity contribution >= 4 is 5.97 Å². The van der Waals surface area contributed by atoms with Gasteiger partial charge in [0, 0.05) is 43.4 Å². The van der Waals surface area contributed by atoms with Crippen LogP contribution in [0.2, 0.25) is 0 Å². The highest BCUT2D eigenvalue weighted by Gasteiger charge is 2.38. The van der Waals surface area contributed by atoms with Gasteiger partial charge in [-0.05, 0) is 31.5 Å². The number of aromatic nitrogens is 2. The zero-order valence-electron chi connectivity index (χ0n) is 14.9. The molecule has 1 aromatic heterocycles. The van der Waals surface area contributed by atoms with Gasteiger partial charge in [0.2, 0.25) is 0 Å². The van der Waals surface area contributed by atoms with Gasteiger partial charge >= 0.3 is 5.97 Å². The standard InChI is InChI=1S/C19H25N3O3/c1-13(2)22-10-14(8-20-22)9-21-11-17(18(12-21)19(23)24)15-4-6-16(25-3)7-5-15/h4-8,10,13,17-18H,9,11-12H2,1-3H3,(H,23,24)/t17-,18+/m0/s1. The van der Waals surface area contributed by atoms with Crippen molar-refractivity contribution in [1.29, 1.82) is 0 Å². The third-order valence-electron chi connectivity index (χ3n) is 4.85. The van der Waals surface area contributed by atoms with E-state index in [1.165, 1.54) is 0 Å². The molecule has 0 saturated carbocycles. The van der Waals surface area contributed by atoms with E-state index in [1.807, 2.05) is 41.3 Å². The third-order valence-corrected chi connectivity index (χ3v) is 4.85. The first kappa shape index (κ1) is 17.5. The van der Waals surface area contributed by atoms with E-state index in [0.29, 0.717) is 12.6 Å². The molecule has 0 bridgehead atoms. The number of carboxylic acid groups (broad SMARTS) is 1. The number of nitrogens with zero attached hydrogens (tertiary/aromatic N) is 3. The predicted molar refractivity (Wildman–Crippen MR) is 94.7 cm³/mol. The van der Waals surface area contributed by atoms with Gasteiger partial charge in [0.05, 0.1) is 19.2 Å². The summed E-state index contributed by atoms with van der Waals surface area (Å²) < 4.78 is 7.12. The number of benzene rings is 1. The molecule has 1 aliphatic heterocycles. The molecule has 6 heteroatoms. The molecule has 1 saturated heterocycles. The van der Waals surface area contributed by atoms with E-state index in [0.717, 1.165) is 30.0 Å². The van der Waals surface area contributed by atoms with E-state index >= 15 is 0 Å². The van der Waals surface area contributed by atoms with E-state index in [1.54, 1.807) is 7.11 Å². The topological polar surface area (TPSA) is 67.6 Å². The first-order valence-corrected chi connectivity index (χ1v) is 8.60. The van der Waals surface area contributed by atoms with Crippen LogP contribution in [0.4, 0.5) is 0 Å². The van der Waals surface area contributed by atoms with Gasteiger partial charge in [0.15, 0.2) is 0 Å². The molecule has 2 heterocycles. The van der Waals surface area contributed by atoms with Crippen LogP contribution >= 0.6 is 0 Å². The molecule has 25 heavy (non-hydrogen) atoms. The van der Waals surface area contributed by atoms with Gasteiger partial charge < -0.3 is 9.84 Å². The summed E-state index contributed by atoms with van der Waals surface area (Å²) in [6, 6.07) is 8.05. The number of hydrogen-bond acceptors (Lipinski definition) is 4. The lowest BCUT2D eigenvalue weighted by molar-refractivity contribution is -0.141. The highest BCUT2D eigenvalue weighted by Crippen LogP contribution is 2.34. The molecule has 1 N–H and O–H groups in total. The zero-order valence-corrected chi connectivity index (χ0v) is 14.9.